The second-order valence-electron chi connectivity index (χ2n) is 5.55. The largest absolute Gasteiger partial charge is 0.459 e. The molecule has 4 atom stereocenters. The van der Waals surface area contributed by atoms with E-state index in [1.807, 2.05) is 0 Å². The second-order valence-corrected chi connectivity index (χ2v) is 5.55. The molecule has 0 aliphatic carbocycles. The van der Waals surface area contributed by atoms with Gasteiger partial charge in [-0.3, -0.25) is 4.57 Å². The summed E-state index contributed by atoms with van der Waals surface area (Å²) < 4.78 is 11.6. The zero-order chi connectivity index (χ0) is 18.0. The van der Waals surface area contributed by atoms with Gasteiger partial charge in [0.1, 0.15) is 30.7 Å². The normalized spacial score (nSPS) is 25.7. The van der Waals surface area contributed by atoms with Gasteiger partial charge in [0.15, 0.2) is 6.23 Å². The molecule has 0 radical (unpaired) electrons. The average Bonchev–Trinajstić information content (AvgIpc) is 2.89. The number of esters is 1. The number of anilines is 1. The second kappa shape index (κ2) is 7.01. The summed E-state index contributed by atoms with van der Waals surface area (Å²) in [5.74, 6) is -0.553. The van der Waals surface area contributed by atoms with Crippen LogP contribution in [0.5, 0.6) is 0 Å². The van der Waals surface area contributed by atoms with E-state index in [2.05, 4.69) is 4.98 Å². The molecule has 2 aromatic rings. The summed E-state index contributed by atoms with van der Waals surface area (Å²) in [6, 6.07) is 9.69. The zero-order valence-corrected chi connectivity index (χ0v) is 13.1. The van der Waals surface area contributed by atoms with Gasteiger partial charge in [0, 0.05) is 6.20 Å². The van der Waals surface area contributed by atoms with Crippen molar-refractivity contribution in [2.24, 2.45) is 0 Å². The summed E-state index contributed by atoms with van der Waals surface area (Å²) in [6.45, 7) is -0.278. The molecule has 0 saturated carbocycles. The maximum Gasteiger partial charge on any atom is 0.351 e. The summed E-state index contributed by atoms with van der Waals surface area (Å²) in [5, 5.41) is 20.2. The number of aromatic nitrogens is 2. The molecular weight excluding hydrogens is 330 g/mol. The van der Waals surface area contributed by atoms with Crippen LogP contribution in [-0.4, -0.2) is 50.7 Å². The number of benzene rings is 1. The quantitative estimate of drug-likeness (QED) is 0.618. The Kier molecular flexibility index (Phi) is 4.79. The summed E-state index contributed by atoms with van der Waals surface area (Å²) in [6.07, 6.45) is -3.56. The smallest absolute Gasteiger partial charge is 0.351 e. The van der Waals surface area contributed by atoms with Crippen molar-refractivity contribution in [3.8, 4) is 0 Å². The number of carbonyl (C=O) groups is 1. The Balaban J connectivity index is 1.68. The van der Waals surface area contributed by atoms with Crippen molar-refractivity contribution in [3.63, 3.8) is 0 Å². The molecule has 132 valence electrons. The van der Waals surface area contributed by atoms with Gasteiger partial charge in [-0.15, -0.1) is 0 Å². The third-order valence-corrected chi connectivity index (χ3v) is 3.85. The Labute approximate surface area is 142 Å². The van der Waals surface area contributed by atoms with E-state index in [1.54, 1.807) is 30.3 Å². The highest BCUT2D eigenvalue weighted by Gasteiger charge is 2.44. The van der Waals surface area contributed by atoms with Crippen LogP contribution in [0.3, 0.4) is 0 Å². The van der Waals surface area contributed by atoms with E-state index in [4.69, 9.17) is 15.2 Å². The van der Waals surface area contributed by atoms with Gasteiger partial charge in [-0.2, -0.15) is 4.98 Å². The van der Waals surface area contributed by atoms with Crippen molar-refractivity contribution in [2.75, 3.05) is 12.3 Å². The maximum atomic E-state index is 11.9. The molecule has 1 aliphatic rings. The number of nitrogens with zero attached hydrogens (tertiary/aromatic N) is 2. The summed E-state index contributed by atoms with van der Waals surface area (Å²) >= 11 is 0. The Morgan fingerprint density at radius 3 is 2.64 bits per heavy atom. The average molecular weight is 347 g/mol. The molecule has 25 heavy (non-hydrogen) atoms. The molecule has 1 aromatic carbocycles. The number of nitrogens with two attached hydrogens (primary N) is 1. The van der Waals surface area contributed by atoms with Crippen molar-refractivity contribution in [1.82, 2.24) is 9.55 Å². The SMILES string of the molecule is Nc1ccn([C@@H]2O[C@H](COC(=O)c3ccccc3)[C@@H](O)[C@H]2O)c(=O)n1. The topological polar surface area (TPSA) is 137 Å². The number of rotatable bonds is 4. The van der Waals surface area contributed by atoms with Crippen LogP contribution in [0, 0.1) is 0 Å². The Bertz CT molecular complexity index is 809. The van der Waals surface area contributed by atoms with Crippen molar-refractivity contribution in [2.45, 2.75) is 24.5 Å². The lowest BCUT2D eigenvalue weighted by Gasteiger charge is -2.16. The van der Waals surface area contributed by atoms with Crippen LogP contribution < -0.4 is 11.4 Å². The number of hydrogen-bond acceptors (Lipinski definition) is 8. The highest BCUT2D eigenvalue weighted by atomic mass is 16.6. The monoisotopic (exact) mass is 347 g/mol. The van der Waals surface area contributed by atoms with Gasteiger partial charge >= 0.3 is 11.7 Å². The predicted octanol–water partition coefficient (Wildman–Crippen LogP) is -0.698. The molecule has 0 amide bonds. The fourth-order valence-corrected chi connectivity index (χ4v) is 2.53. The van der Waals surface area contributed by atoms with Crippen molar-refractivity contribution >= 4 is 11.8 Å². The number of aliphatic hydroxyl groups excluding tert-OH is 2. The van der Waals surface area contributed by atoms with E-state index >= 15 is 0 Å². The van der Waals surface area contributed by atoms with Crippen molar-refractivity contribution in [3.05, 3.63) is 58.6 Å². The molecule has 1 aromatic heterocycles. The van der Waals surface area contributed by atoms with Gasteiger partial charge in [-0.1, -0.05) is 18.2 Å². The van der Waals surface area contributed by atoms with Crippen LogP contribution in [0.25, 0.3) is 0 Å². The summed E-state index contributed by atoms with van der Waals surface area (Å²) in [7, 11) is 0. The van der Waals surface area contributed by atoms with Crippen LogP contribution in [-0.2, 0) is 9.47 Å². The molecule has 2 heterocycles. The molecule has 0 unspecified atom stereocenters. The van der Waals surface area contributed by atoms with Gasteiger partial charge < -0.3 is 25.4 Å². The fraction of sp³-hybridized carbons (Fsp3) is 0.312. The maximum absolute atomic E-state index is 11.9. The van der Waals surface area contributed by atoms with Gasteiger partial charge in [0.25, 0.3) is 0 Å². The number of nitrogen functional groups attached to an aromatic ring is 1. The number of hydrogen-bond donors (Lipinski definition) is 3. The van der Waals surface area contributed by atoms with Crippen LogP contribution in [0.1, 0.15) is 16.6 Å². The minimum atomic E-state index is -1.39. The van der Waals surface area contributed by atoms with Crippen LogP contribution >= 0.6 is 0 Å². The Hall–Kier alpha value is -2.75. The number of carbonyl (C=O) groups excluding carboxylic acids is 1. The van der Waals surface area contributed by atoms with Gasteiger partial charge in [0.05, 0.1) is 5.56 Å². The van der Waals surface area contributed by atoms with Gasteiger partial charge in [-0.05, 0) is 18.2 Å². The number of ether oxygens (including phenoxy) is 2. The lowest BCUT2D eigenvalue weighted by Crippen LogP contribution is -2.36. The molecule has 1 aliphatic heterocycles. The third kappa shape index (κ3) is 3.53. The Morgan fingerprint density at radius 1 is 1.24 bits per heavy atom. The molecule has 9 heteroatoms. The van der Waals surface area contributed by atoms with E-state index in [1.165, 1.54) is 12.3 Å². The van der Waals surface area contributed by atoms with Crippen molar-refractivity contribution in [1.29, 1.82) is 0 Å². The molecule has 0 bridgehead atoms. The highest BCUT2D eigenvalue weighted by Crippen LogP contribution is 2.28. The molecular formula is C16H17N3O6. The predicted molar refractivity (Wildman–Crippen MR) is 85.6 cm³/mol. The first kappa shape index (κ1) is 17.1. The first-order valence-corrected chi connectivity index (χ1v) is 7.56. The van der Waals surface area contributed by atoms with E-state index in [0.29, 0.717) is 5.56 Å². The van der Waals surface area contributed by atoms with Crippen molar-refractivity contribution < 1.29 is 24.5 Å². The minimum absolute atomic E-state index is 0.0302. The number of aliphatic hydroxyl groups is 2. The first-order valence-electron chi connectivity index (χ1n) is 7.56. The van der Waals surface area contributed by atoms with E-state index in [9.17, 15) is 19.8 Å². The van der Waals surface area contributed by atoms with E-state index in [0.717, 1.165) is 4.57 Å². The van der Waals surface area contributed by atoms with Crippen LogP contribution in [0.15, 0.2) is 47.4 Å². The Morgan fingerprint density at radius 2 is 1.96 bits per heavy atom. The molecule has 0 spiro atoms. The molecule has 1 fully saturated rings. The first-order chi connectivity index (χ1) is 12.0. The van der Waals surface area contributed by atoms with Crippen LogP contribution in [0.4, 0.5) is 5.82 Å². The fourth-order valence-electron chi connectivity index (χ4n) is 2.53. The molecule has 3 rings (SSSR count). The lowest BCUT2D eigenvalue weighted by molar-refractivity contribution is -0.0598. The lowest BCUT2D eigenvalue weighted by atomic mass is 10.1. The zero-order valence-electron chi connectivity index (χ0n) is 13.1. The minimum Gasteiger partial charge on any atom is -0.459 e. The third-order valence-electron chi connectivity index (χ3n) is 3.85. The summed E-state index contributed by atoms with van der Waals surface area (Å²) in [4.78, 5) is 27.3. The van der Waals surface area contributed by atoms with E-state index in [-0.39, 0.29) is 12.4 Å². The van der Waals surface area contributed by atoms with Gasteiger partial charge in [0.2, 0.25) is 0 Å². The standard InChI is InChI=1S/C16H17N3O6/c17-11-6-7-19(16(23)18-11)14-13(21)12(20)10(25-14)8-24-15(22)9-4-2-1-3-5-9/h1-7,10,12-14,20-21H,8H2,(H2,17,18,23)/t10-,12-,13-,14-/m1/s1. The highest BCUT2D eigenvalue weighted by molar-refractivity contribution is 5.89. The molecule has 9 nitrogen and oxygen atoms in total. The molecule has 4 N–H and O–H groups in total. The molecule has 1 saturated heterocycles. The van der Waals surface area contributed by atoms with Crippen LogP contribution in [0.2, 0.25) is 0 Å². The summed E-state index contributed by atoms with van der Waals surface area (Å²) in [5.41, 5.74) is 5.05. The van der Waals surface area contributed by atoms with Gasteiger partial charge in [-0.25, -0.2) is 9.59 Å². The van der Waals surface area contributed by atoms with E-state index < -0.39 is 36.2 Å².